The first kappa shape index (κ1) is 18.2. The summed E-state index contributed by atoms with van der Waals surface area (Å²) in [6.07, 6.45) is 0. The average molecular weight is 391 g/mol. The summed E-state index contributed by atoms with van der Waals surface area (Å²) in [5.74, 6) is 0. The molecule has 0 N–H and O–H groups in total. The van der Waals surface area contributed by atoms with E-state index in [-0.39, 0.29) is 5.56 Å². The molecular weight excluding hydrogens is 370 g/mol. The van der Waals surface area contributed by atoms with E-state index in [1.54, 1.807) is 7.11 Å². The molecule has 0 fully saturated rings. The lowest BCUT2D eigenvalue weighted by molar-refractivity contribution is 0.163. The normalized spacial score (nSPS) is 11.1. The molecule has 0 radical (unpaired) electrons. The first-order valence-corrected chi connectivity index (χ1v) is 9.97. The van der Waals surface area contributed by atoms with Crippen molar-refractivity contribution >= 4 is 10.8 Å². The van der Waals surface area contributed by atoms with E-state index < -0.39 is 0 Å². The van der Waals surface area contributed by atoms with Crippen LogP contribution in [0, 0.1) is 6.92 Å². The quantitative estimate of drug-likeness (QED) is 0.389. The van der Waals surface area contributed by atoms with Gasteiger partial charge in [0.15, 0.2) is 0 Å². The zero-order valence-electron chi connectivity index (χ0n) is 16.9. The lowest BCUT2D eigenvalue weighted by Crippen LogP contribution is -2.27. The molecule has 0 amide bonds. The molecular formula is C27H21NO2. The molecule has 2 aromatic carbocycles. The predicted molar refractivity (Wildman–Crippen MR) is 123 cm³/mol. The van der Waals surface area contributed by atoms with Crippen LogP contribution in [0.4, 0.5) is 0 Å². The van der Waals surface area contributed by atoms with Crippen molar-refractivity contribution in [3.05, 3.63) is 107 Å². The van der Waals surface area contributed by atoms with Crippen LogP contribution < -0.4 is 10.4 Å². The largest absolute Gasteiger partial charge is 0.413 e. The van der Waals surface area contributed by atoms with Gasteiger partial charge in [0.05, 0.1) is 11.1 Å². The standard InChI is InChI=1S/C27H21NO2/c1-18-21-16-10-5-11-17-22(21)25-23(18)24(19-12-6-3-7-13-19)26(28(30-2)27(25)29)20-14-8-4-9-15-20/h3-17H,1-2H3. The third-order valence-corrected chi connectivity index (χ3v) is 5.72. The van der Waals surface area contributed by atoms with Crippen LogP contribution in [-0.2, 0) is 0 Å². The van der Waals surface area contributed by atoms with Crippen LogP contribution in [0.2, 0.25) is 0 Å². The topological polar surface area (TPSA) is 31.2 Å². The maximum atomic E-state index is 13.7. The Morgan fingerprint density at radius 1 is 0.667 bits per heavy atom. The van der Waals surface area contributed by atoms with Gasteiger partial charge in [-0.25, -0.2) is 0 Å². The van der Waals surface area contributed by atoms with Crippen molar-refractivity contribution < 1.29 is 4.84 Å². The minimum Gasteiger partial charge on any atom is -0.413 e. The van der Waals surface area contributed by atoms with Crippen LogP contribution in [0.15, 0.2) is 95.8 Å². The highest BCUT2D eigenvalue weighted by atomic mass is 16.6. The van der Waals surface area contributed by atoms with E-state index in [2.05, 4.69) is 25.1 Å². The van der Waals surface area contributed by atoms with Gasteiger partial charge in [-0.05, 0) is 29.2 Å². The van der Waals surface area contributed by atoms with Crippen LogP contribution >= 0.6 is 0 Å². The fourth-order valence-corrected chi connectivity index (χ4v) is 4.42. The van der Waals surface area contributed by atoms with Gasteiger partial charge in [-0.1, -0.05) is 91.0 Å². The molecule has 3 nitrogen and oxygen atoms in total. The molecule has 0 unspecified atom stereocenters. The molecule has 5 rings (SSSR count). The molecule has 0 saturated carbocycles. The zero-order chi connectivity index (χ0) is 20.7. The fraction of sp³-hybridized carbons (Fsp3) is 0.0741. The van der Waals surface area contributed by atoms with Gasteiger partial charge in [-0.3, -0.25) is 4.79 Å². The highest BCUT2D eigenvalue weighted by molar-refractivity contribution is 6.14. The summed E-state index contributed by atoms with van der Waals surface area (Å²) in [4.78, 5) is 19.4. The van der Waals surface area contributed by atoms with Crippen LogP contribution in [-0.4, -0.2) is 11.8 Å². The van der Waals surface area contributed by atoms with E-state index in [0.29, 0.717) is 5.39 Å². The molecule has 2 aliphatic carbocycles. The highest BCUT2D eigenvalue weighted by Gasteiger charge is 2.26. The maximum absolute atomic E-state index is 13.7. The Kier molecular flexibility index (Phi) is 4.36. The first-order chi connectivity index (χ1) is 14.7. The van der Waals surface area contributed by atoms with Gasteiger partial charge >= 0.3 is 0 Å². The first-order valence-electron chi connectivity index (χ1n) is 9.97. The number of nitrogens with zero attached hydrogens (tertiary/aromatic N) is 1. The second-order valence-electron chi connectivity index (χ2n) is 7.35. The monoisotopic (exact) mass is 391 g/mol. The summed E-state index contributed by atoms with van der Waals surface area (Å²) >= 11 is 0. The van der Waals surface area contributed by atoms with Gasteiger partial charge < -0.3 is 4.84 Å². The average Bonchev–Trinajstić information content (AvgIpc) is 2.94. The Morgan fingerprint density at radius 2 is 1.20 bits per heavy atom. The molecule has 1 heterocycles. The number of rotatable bonds is 3. The van der Waals surface area contributed by atoms with Crippen molar-refractivity contribution in [1.82, 2.24) is 4.73 Å². The van der Waals surface area contributed by atoms with E-state index in [0.717, 1.165) is 44.5 Å². The summed E-state index contributed by atoms with van der Waals surface area (Å²) in [7, 11) is 1.55. The Hall–Kier alpha value is -3.85. The number of hydrogen-bond acceptors (Lipinski definition) is 2. The van der Waals surface area contributed by atoms with Gasteiger partial charge in [0.1, 0.15) is 7.11 Å². The number of fused-ring (bicyclic) bond motifs is 3. The summed E-state index contributed by atoms with van der Waals surface area (Å²) in [5, 5.41) is 1.68. The Bertz CT molecular complexity index is 1390. The summed E-state index contributed by atoms with van der Waals surface area (Å²) in [5.41, 5.74) is 6.75. The highest BCUT2D eigenvalue weighted by Crippen LogP contribution is 2.44. The maximum Gasteiger partial charge on any atom is 0.292 e. The summed E-state index contributed by atoms with van der Waals surface area (Å²) in [6, 6.07) is 30.3. The minimum absolute atomic E-state index is 0.143. The molecule has 0 saturated heterocycles. The van der Waals surface area contributed by atoms with Crippen molar-refractivity contribution in [3.8, 4) is 33.5 Å². The van der Waals surface area contributed by atoms with E-state index in [1.165, 1.54) is 4.73 Å². The number of hydrogen-bond donors (Lipinski definition) is 0. The van der Waals surface area contributed by atoms with Gasteiger partial charge in [0.2, 0.25) is 0 Å². The van der Waals surface area contributed by atoms with Crippen LogP contribution in [0.5, 0.6) is 0 Å². The van der Waals surface area contributed by atoms with Gasteiger partial charge in [0, 0.05) is 16.5 Å². The fourth-order valence-electron chi connectivity index (χ4n) is 4.42. The van der Waals surface area contributed by atoms with Crippen molar-refractivity contribution in [2.45, 2.75) is 6.92 Å². The molecule has 30 heavy (non-hydrogen) atoms. The van der Waals surface area contributed by atoms with Crippen molar-refractivity contribution in [3.63, 3.8) is 0 Å². The third kappa shape index (κ3) is 2.63. The smallest absolute Gasteiger partial charge is 0.292 e. The Balaban J connectivity index is 2.10. The zero-order valence-corrected chi connectivity index (χ0v) is 16.9. The summed E-state index contributed by atoms with van der Waals surface area (Å²) < 4.78 is 1.44. The van der Waals surface area contributed by atoms with Crippen LogP contribution in [0.25, 0.3) is 44.3 Å². The SMILES string of the molecule is COn1c(-c2ccccc2)c(-c2ccccc2)c2c(C)c3cccccc-3c2c1=O. The summed E-state index contributed by atoms with van der Waals surface area (Å²) in [6.45, 7) is 2.10. The van der Waals surface area contributed by atoms with Gasteiger partial charge in [0.25, 0.3) is 5.56 Å². The van der Waals surface area contributed by atoms with E-state index in [4.69, 9.17) is 4.84 Å². The number of benzene rings is 2. The predicted octanol–water partition coefficient (Wildman–Crippen LogP) is 5.81. The van der Waals surface area contributed by atoms with E-state index >= 15 is 0 Å². The molecule has 0 bridgehead atoms. The van der Waals surface area contributed by atoms with Gasteiger partial charge in [-0.15, -0.1) is 4.73 Å². The van der Waals surface area contributed by atoms with E-state index in [9.17, 15) is 4.79 Å². The molecule has 3 heteroatoms. The van der Waals surface area contributed by atoms with Crippen LogP contribution in [0.1, 0.15) is 5.56 Å². The Morgan fingerprint density at radius 3 is 1.80 bits per heavy atom. The minimum atomic E-state index is -0.143. The molecule has 146 valence electrons. The molecule has 0 spiro atoms. The molecule has 1 aromatic heterocycles. The molecule has 2 aliphatic rings. The lowest BCUT2D eigenvalue weighted by atomic mass is 9.94. The molecule has 0 aliphatic heterocycles. The second-order valence-corrected chi connectivity index (χ2v) is 7.35. The number of pyridine rings is 1. The molecule has 0 atom stereocenters. The van der Waals surface area contributed by atoms with Gasteiger partial charge in [-0.2, -0.15) is 0 Å². The van der Waals surface area contributed by atoms with Crippen molar-refractivity contribution in [1.29, 1.82) is 0 Å². The molecule has 3 aromatic rings. The number of aryl methyl sites for hydroxylation is 1. The lowest BCUT2D eigenvalue weighted by Gasteiger charge is -2.18. The Labute approximate surface area is 175 Å². The van der Waals surface area contributed by atoms with Crippen LogP contribution in [0.3, 0.4) is 0 Å². The number of aromatic nitrogens is 1. The second kappa shape index (κ2) is 7.20. The van der Waals surface area contributed by atoms with E-state index in [1.807, 2.05) is 72.8 Å². The third-order valence-electron chi connectivity index (χ3n) is 5.72. The van der Waals surface area contributed by atoms with Crippen molar-refractivity contribution in [2.24, 2.45) is 0 Å². The van der Waals surface area contributed by atoms with Crippen molar-refractivity contribution in [2.75, 3.05) is 7.11 Å².